The highest BCUT2D eigenvalue weighted by Gasteiger charge is 2.31. The van der Waals surface area contributed by atoms with Gasteiger partial charge in [0.15, 0.2) is 5.82 Å². The molecule has 0 fully saturated rings. The van der Waals surface area contributed by atoms with E-state index >= 15 is 0 Å². The molecule has 0 amide bonds. The number of nitrogens with two attached hydrogens (primary N) is 1. The second kappa shape index (κ2) is 7.42. The first-order chi connectivity index (χ1) is 13.3. The zero-order valence-electron chi connectivity index (χ0n) is 14.2. The minimum atomic E-state index is -4.82. The summed E-state index contributed by atoms with van der Waals surface area (Å²) in [5.74, 6) is -0.912. The summed E-state index contributed by atoms with van der Waals surface area (Å²) in [5.41, 5.74) is 5.91. The normalized spacial score (nSPS) is 11.1. The highest BCUT2D eigenvalue weighted by Crippen LogP contribution is 2.28. The second-order valence-electron chi connectivity index (χ2n) is 5.19. The van der Waals surface area contributed by atoms with Gasteiger partial charge in [-0.2, -0.15) is 9.78 Å². The maximum Gasteiger partial charge on any atom is 0.573 e. The lowest BCUT2D eigenvalue weighted by molar-refractivity contribution is -0.274. The van der Waals surface area contributed by atoms with Gasteiger partial charge in [-0.05, 0) is 12.1 Å². The predicted octanol–water partition coefficient (Wildman–Crippen LogP) is 2.72. The second-order valence-corrected chi connectivity index (χ2v) is 5.19. The molecule has 0 aliphatic carbocycles. The van der Waals surface area contributed by atoms with Crippen LogP contribution in [0.1, 0.15) is 10.4 Å². The number of nitrogens with zero attached hydrogens (tertiary/aromatic N) is 4. The molecule has 0 saturated carbocycles. The molecule has 3 aromatic rings. The molecule has 9 nitrogen and oxygen atoms in total. The zero-order chi connectivity index (χ0) is 20.3. The van der Waals surface area contributed by atoms with E-state index in [2.05, 4.69) is 24.5 Å². The first-order valence-electron chi connectivity index (χ1n) is 7.55. The Morgan fingerprint density at radius 3 is 2.64 bits per heavy atom. The van der Waals surface area contributed by atoms with Gasteiger partial charge in [0.05, 0.1) is 13.3 Å². The Morgan fingerprint density at radius 1 is 1.18 bits per heavy atom. The van der Waals surface area contributed by atoms with E-state index in [1.165, 1.54) is 31.5 Å². The molecule has 0 unspecified atom stereocenters. The van der Waals surface area contributed by atoms with Crippen molar-refractivity contribution in [2.24, 2.45) is 0 Å². The average molecular weight is 395 g/mol. The molecule has 0 spiro atoms. The van der Waals surface area contributed by atoms with Gasteiger partial charge >= 0.3 is 12.3 Å². The summed E-state index contributed by atoms with van der Waals surface area (Å²) in [6.07, 6.45) is -2.48. The van der Waals surface area contributed by atoms with E-state index in [0.717, 1.165) is 23.1 Å². The number of benzene rings is 1. The fourth-order valence-corrected chi connectivity index (χ4v) is 2.16. The van der Waals surface area contributed by atoms with Gasteiger partial charge < -0.3 is 19.9 Å². The molecular formula is C16H12F3N5O4. The van der Waals surface area contributed by atoms with E-state index in [4.69, 9.17) is 10.5 Å². The standard InChI is InChI=1S/C16H12F3N5O4/c1-26-15(25)11-7-23-24(14(11)20)12-6-13(22-8-21-12)27-9-3-2-4-10(5-9)28-16(17,18)19/h2-8H,20H2,1H3. The Labute approximate surface area is 155 Å². The first kappa shape index (κ1) is 18.9. The van der Waals surface area contributed by atoms with E-state index < -0.39 is 18.1 Å². The molecule has 2 heterocycles. The predicted molar refractivity (Wildman–Crippen MR) is 88.1 cm³/mol. The maximum absolute atomic E-state index is 12.3. The van der Waals surface area contributed by atoms with Crippen LogP contribution in [0.2, 0.25) is 0 Å². The van der Waals surface area contributed by atoms with Crippen molar-refractivity contribution < 1.29 is 32.2 Å². The van der Waals surface area contributed by atoms with E-state index in [-0.39, 0.29) is 28.8 Å². The number of methoxy groups -OCH3 is 1. The molecule has 0 atom stereocenters. The molecule has 0 aliphatic heterocycles. The molecule has 0 bridgehead atoms. The molecule has 0 saturated heterocycles. The van der Waals surface area contributed by atoms with Crippen molar-refractivity contribution in [2.45, 2.75) is 6.36 Å². The smallest absolute Gasteiger partial charge is 0.465 e. The highest BCUT2D eigenvalue weighted by atomic mass is 19.4. The molecule has 0 aliphatic rings. The van der Waals surface area contributed by atoms with E-state index in [1.807, 2.05) is 0 Å². The Bertz CT molecular complexity index is 1010. The quantitative estimate of drug-likeness (QED) is 0.656. The molecule has 2 N–H and O–H groups in total. The summed E-state index contributed by atoms with van der Waals surface area (Å²) in [6, 6.07) is 6.26. The number of rotatable bonds is 5. The number of hydrogen-bond acceptors (Lipinski definition) is 8. The third-order valence-electron chi connectivity index (χ3n) is 3.32. The van der Waals surface area contributed by atoms with Gasteiger partial charge in [0.25, 0.3) is 0 Å². The number of aromatic nitrogens is 4. The number of ether oxygens (including phenoxy) is 3. The van der Waals surface area contributed by atoms with Crippen LogP contribution in [0.15, 0.2) is 42.9 Å². The van der Waals surface area contributed by atoms with Crippen LogP contribution in [0.5, 0.6) is 17.4 Å². The van der Waals surface area contributed by atoms with E-state index in [9.17, 15) is 18.0 Å². The number of alkyl halides is 3. The number of nitrogen functional groups attached to an aromatic ring is 1. The van der Waals surface area contributed by atoms with Gasteiger partial charge in [-0.25, -0.2) is 14.8 Å². The summed E-state index contributed by atoms with van der Waals surface area (Å²) < 4.78 is 52.0. The summed E-state index contributed by atoms with van der Waals surface area (Å²) in [6.45, 7) is 0. The van der Waals surface area contributed by atoms with Crippen molar-refractivity contribution in [1.29, 1.82) is 0 Å². The van der Waals surface area contributed by atoms with Crippen molar-refractivity contribution in [3.63, 3.8) is 0 Å². The van der Waals surface area contributed by atoms with Crippen LogP contribution >= 0.6 is 0 Å². The largest absolute Gasteiger partial charge is 0.573 e. The van der Waals surface area contributed by atoms with Crippen LogP contribution in [-0.4, -0.2) is 39.2 Å². The number of hydrogen-bond donors (Lipinski definition) is 1. The van der Waals surface area contributed by atoms with Crippen molar-refractivity contribution in [1.82, 2.24) is 19.7 Å². The first-order valence-corrected chi connectivity index (χ1v) is 7.55. The van der Waals surface area contributed by atoms with Gasteiger partial charge in [-0.1, -0.05) is 6.07 Å². The van der Waals surface area contributed by atoms with Crippen LogP contribution in [0.3, 0.4) is 0 Å². The summed E-state index contributed by atoms with van der Waals surface area (Å²) in [5, 5.41) is 3.96. The minimum absolute atomic E-state index is 0.00340. The summed E-state index contributed by atoms with van der Waals surface area (Å²) in [7, 11) is 1.20. The molecule has 12 heteroatoms. The third kappa shape index (κ3) is 4.28. The Balaban J connectivity index is 1.84. The molecule has 2 aromatic heterocycles. The van der Waals surface area contributed by atoms with Gasteiger partial charge in [0.1, 0.15) is 29.2 Å². The van der Waals surface area contributed by atoms with Gasteiger partial charge in [0, 0.05) is 12.1 Å². The zero-order valence-corrected chi connectivity index (χ0v) is 14.2. The summed E-state index contributed by atoms with van der Waals surface area (Å²) in [4.78, 5) is 19.5. The minimum Gasteiger partial charge on any atom is -0.465 e. The van der Waals surface area contributed by atoms with Crippen molar-refractivity contribution in [3.05, 3.63) is 48.4 Å². The number of halogens is 3. The van der Waals surface area contributed by atoms with Crippen LogP contribution in [0.25, 0.3) is 5.82 Å². The molecule has 28 heavy (non-hydrogen) atoms. The lowest BCUT2D eigenvalue weighted by atomic mass is 10.3. The number of anilines is 1. The number of carbonyl (C=O) groups excluding carboxylic acids is 1. The van der Waals surface area contributed by atoms with Crippen LogP contribution < -0.4 is 15.2 Å². The van der Waals surface area contributed by atoms with Gasteiger partial charge in [-0.15, -0.1) is 13.2 Å². The van der Waals surface area contributed by atoms with E-state index in [1.54, 1.807) is 0 Å². The monoisotopic (exact) mass is 395 g/mol. The lowest BCUT2D eigenvalue weighted by Crippen LogP contribution is -2.17. The van der Waals surface area contributed by atoms with Crippen molar-refractivity contribution in [2.75, 3.05) is 12.8 Å². The molecule has 1 aromatic carbocycles. The lowest BCUT2D eigenvalue weighted by Gasteiger charge is -2.11. The molecular weight excluding hydrogens is 383 g/mol. The summed E-state index contributed by atoms with van der Waals surface area (Å²) >= 11 is 0. The van der Waals surface area contributed by atoms with Crippen LogP contribution in [-0.2, 0) is 4.74 Å². The van der Waals surface area contributed by atoms with E-state index in [0.29, 0.717) is 0 Å². The van der Waals surface area contributed by atoms with Gasteiger partial charge in [0.2, 0.25) is 5.88 Å². The van der Waals surface area contributed by atoms with Crippen molar-refractivity contribution >= 4 is 11.8 Å². The maximum atomic E-state index is 12.3. The third-order valence-corrected chi connectivity index (χ3v) is 3.32. The Kier molecular flexibility index (Phi) is 5.02. The fourth-order valence-electron chi connectivity index (χ4n) is 2.16. The van der Waals surface area contributed by atoms with Crippen molar-refractivity contribution in [3.8, 4) is 23.2 Å². The van der Waals surface area contributed by atoms with Gasteiger partial charge in [-0.3, -0.25) is 0 Å². The van der Waals surface area contributed by atoms with Crippen LogP contribution in [0.4, 0.5) is 19.0 Å². The number of carbonyl (C=O) groups is 1. The average Bonchev–Trinajstić information content (AvgIpc) is 3.01. The Morgan fingerprint density at radius 2 is 1.93 bits per heavy atom. The fraction of sp³-hybridized carbons (Fsp3) is 0.125. The number of esters is 1. The topological polar surface area (TPSA) is 114 Å². The van der Waals surface area contributed by atoms with Crippen LogP contribution in [0, 0.1) is 0 Å². The SMILES string of the molecule is COC(=O)c1cnn(-c2cc(Oc3cccc(OC(F)(F)F)c3)ncn2)c1N. The Hall–Kier alpha value is -3.83. The highest BCUT2D eigenvalue weighted by molar-refractivity contribution is 5.94. The molecule has 0 radical (unpaired) electrons. The molecule has 146 valence electrons. The molecule has 3 rings (SSSR count).